The maximum Gasteiger partial charge on any atom is 0.174 e. The van der Waals surface area contributed by atoms with Gasteiger partial charge in [0.05, 0.1) is 0 Å². The van der Waals surface area contributed by atoms with E-state index in [2.05, 4.69) is 15.9 Å². The molecular formula is C15H12BrFO2. The zero-order chi connectivity index (χ0) is 13.7. The van der Waals surface area contributed by atoms with Gasteiger partial charge in [-0.1, -0.05) is 40.2 Å². The van der Waals surface area contributed by atoms with Crippen LogP contribution in [0.1, 0.15) is 5.56 Å². The highest BCUT2D eigenvalue weighted by Gasteiger charge is 2.08. The number of carbonyl (C=O) groups is 1. The van der Waals surface area contributed by atoms with E-state index in [0.29, 0.717) is 10.2 Å². The monoisotopic (exact) mass is 322 g/mol. The summed E-state index contributed by atoms with van der Waals surface area (Å²) in [6.07, 6.45) is 0.216. The molecule has 0 radical (unpaired) electrons. The standard InChI is InChI=1S/C15H12BrFO2/c16-15-9-12(17)7-6-11(15)8-13(18)10-19-14-4-2-1-3-5-14/h1-7,9H,8,10H2. The van der Waals surface area contributed by atoms with Gasteiger partial charge in [-0.2, -0.15) is 0 Å². The van der Waals surface area contributed by atoms with E-state index in [-0.39, 0.29) is 24.6 Å². The van der Waals surface area contributed by atoms with Gasteiger partial charge < -0.3 is 4.74 Å². The first-order chi connectivity index (χ1) is 9.15. The fourth-order valence-corrected chi connectivity index (χ4v) is 2.10. The summed E-state index contributed by atoms with van der Waals surface area (Å²) < 4.78 is 18.9. The zero-order valence-electron chi connectivity index (χ0n) is 10.1. The molecule has 0 heterocycles. The van der Waals surface area contributed by atoms with Gasteiger partial charge in [0.15, 0.2) is 5.78 Å². The van der Waals surface area contributed by atoms with Crippen LogP contribution in [0.4, 0.5) is 4.39 Å². The molecule has 0 aliphatic rings. The van der Waals surface area contributed by atoms with Crippen LogP contribution in [0.3, 0.4) is 0 Å². The third-order valence-corrected chi connectivity index (χ3v) is 3.28. The molecule has 2 nitrogen and oxygen atoms in total. The Hall–Kier alpha value is -1.68. The minimum atomic E-state index is -0.330. The molecule has 2 aromatic rings. The van der Waals surface area contributed by atoms with E-state index >= 15 is 0 Å². The van der Waals surface area contributed by atoms with Crippen LogP contribution < -0.4 is 4.74 Å². The van der Waals surface area contributed by atoms with Gasteiger partial charge in [0.25, 0.3) is 0 Å². The predicted molar refractivity (Wildman–Crippen MR) is 74.7 cm³/mol. The molecular weight excluding hydrogens is 311 g/mol. The van der Waals surface area contributed by atoms with Crippen molar-refractivity contribution in [3.05, 3.63) is 64.4 Å². The summed E-state index contributed by atoms with van der Waals surface area (Å²) in [6, 6.07) is 13.4. The smallest absolute Gasteiger partial charge is 0.174 e. The van der Waals surface area contributed by atoms with Gasteiger partial charge in [0.2, 0.25) is 0 Å². The molecule has 19 heavy (non-hydrogen) atoms. The van der Waals surface area contributed by atoms with Crippen molar-refractivity contribution in [2.75, 3.05) is 6.61 Å². The summed E-state index contributed by atoms with van der Waals surface area (Å²) in [5.74, 6) is 0.272. The summed E-state index contributed by atoms with van der Waals surface area (Å²) in [6.45, 7) is 0.00777. The molecule has 0 amide bonds. The van der Waals surface area contributed by atoms with Crippen LogP contribution in [0.5, 0.6) is 5.75 Å². The lowest BCUT2D eigenvalue weighted by Crippen LogP contribution is -2.14. The van der Waals surface area contributed by atoms with Gasteiger partial charge >= 0.3 is 0 Å². The second-order valence-electron chi connectivity index (χ2n) is 4.05. The molecule has 0 atom stereocenters. The number of Topliss-reactive ketones (excluding diaryl/α,β-unsaturated/α-hetero) is 1. The van der Waals surface area contributed by atoms with Crippen LogP contribution in [0.2, 0.25) is 0 Å². The molecule has 0 aliphatic heterocycles. The maximum atomic E-state index is 12.9. The maximum absolute atomic E-state index is 12.9. The Kier molecular flexibility index (Phi) is 4.68. The molecule has 0 saturated heterocycles. The highest BCUT2D eigenvalue weighted by Crippen LogP contribution is 2.19. The quantitative estimate of drug-likeness (QED) is 0.837. The predicted octanol–water partition coefficient (Wildman–Crippen LogP) is 3.78. The molecule has 0 spiro atoms. The van der Waals surface area contributed by atoms with Crippen molar-refractivity contribution in [1.29, 1.82) is 0 Å². The number of benzene rings is 2. The van der Waals surface area contributed by atoms with Gasteiger partial charge in [-0.05, 0) is 29.8 Å². The van der Waals surface area contributed by atoms with Crippen molar-refractivity contribution >= 4 is 21.7 Å². The van der Waals surface area contributed by atoms with E-state index in [0.717, 1.165) is 5.56 Å². The summed E-state index contributed by atoms with van der Waals surface area (Å²) in [5, 5.41) is 0. The van der Waals surface area contributed by atoms with Crippen molar-refractivity contribution < 1.29 is 13.9 Å². The lowest BCUT2D eigenvalue weighted by Gasteiger charge is -2.06. The number of halogens is 2. The number of carbonyl (C=O) groups excluding carboxylic acids is 1. The second-order valence-corrected chi connectivity index (χ2v) is 4.91. The third-order valence-electron chi connectivity index (χ3n) is 2.55. The molecule has 0 aromatic heterocycles. The fraction of sp³-hybridized carbons (Fsp3) is 0.133. The number of hydrogen-bond acceptors (Lipinski definition) is 2. The Morgan fingerprint density at radius 2 is 1.89 bits per heavy atom. The van der Waals surface area contributed by atoms with Crippen LogP contribution in [0.25, 0.3) is 0 Å². The van der Waals surface area contributed by atoms with Crippen molar-refractivity contribution in [1.82, 2.24) is 0 Å². The van der Waals surface area contributed by atoms with Crippen molar-refractivity contribution in [2.24, 2.45) is 0 Å². The Labute approximate surface area is 119 Å². The normalized spacial score (nSPS) is 10.2. The molecule has 0 N–H and O–H groups in total. The lowest BCUT2D eigenvalue weighted by atomic mass is 10.1. The third kappa shape index (κ3) is 4.17. The number of ketones is 1. The van der Waals surface area contributed by atoms with Gasteiger partial charge in [0, 0.05) is 10.9 Å². The molecule has 0 fully saturated rings. The molecule has 0 bridgehead atoms. The van der Waals surface area contributed by atoms with E-state index in [1.807, 2.05) is 18.2 Å². The van der Waals surface area contributed by atoms with Crippen molar-refractivity contribution in [3.8, 4) is 5.75 Å². The Morgan fingerprint density at radius 1 is 1.16 bits per heavy atom. The molecule has 2 rings (SSSR count). The minimum absolute atomic E-state index is 0.00777. The van der Waals surface area contributed by atoms with Gasteiger partial charge in [-0.3, -0.25) is 4.79 Å². The topological polar surface area (TPSA) is 26.3 Å². The number of rotatable bonds is 5. The fourth-order valence-electron chi connectivity index (χ4n) is 1.61. The number of ether oxygens (including phenoxy) is 1. The lowest BCUT2D eigenvalue weighted by molar-refractivity contribution is -0.120. The summed E-state index contributed by atoms with van der Waals surface area (Å²) >= 11 is 3.24. The van der Waals surface area contributed by atoms with Gasteiger partial charge in [-0.25, -0.2) is 4.39 Å². The van der Waals surface area contributed by atoms with Crippen molar-refractivity contribution in [3.63, 3.8) is 0 Å². The number of hydrogen-bond donors (Lipinski definition) is 0. The summed E-state index contributed by atoms with van der Waals surface area (Å²) in [7, 11) is 0. The van der Waals surface area contributed by atoms with Gasteiger partial charge in [0.1, 0.15) is 18.2 Å². The molecule has 4 heteroatoms. The molecule has 0 aliphatic carbocycles. The highest BCUT2D eigenvalue weighted by atomic mass is 79.9. The highest BCUT2D eigenvalue weighted by molar-refractivity contribution is 9.10. The molecule has 98 valence electrons. The average Bonchev–Trinajstić information content (AvgIpc) is 2.41. The average molecular weight is 323 g/mol. The first kappa shape index (κ1) is 13.7. The molecule has 2 aromatic carbocycles. The second kappa shape index (κ2) is 6.48. The first-order valence-electron chi connectivity index (χ1n) is 5.78. The van der Waals surface area contributed by atoms with Crippen LogP contribution in [0, 0.1) is 5.82 Å². The van der Waals surface area contributed by atoms with E-state index in [9.17, 15) is 9.18 Å². The van der Waals surface area contributed by atoms with Crippen LogP contribution >= 0.6 is 15.9 Å². The SMILES string of the molecule is O=C(COc1ccccc1)Cc1ccc(F)cc1Br. The van der Waals surface area contributed by atoms with Gasteiger partial charge in [-0.15, -0.1) is 0 Å². The van der Waals surface area contributed by atoms with Crippen LogP contribution in [0.15, 0.2) is 53.0 Å². The number of para-hydroxylation sites is 1. The summed E-state index contributed by atoms with van der Waals surface area (Å²) in [5.41, 5.74) is 0.753. The Bertz CT molecular complexity index is 570. The zero-order valence-corrected chi connectivity index (χ0v) is 11.7. The van der Waals surface area contributed by atoms with Crippen molar-refractivity contribution in [2.45, 2.75) is 6.42 Å². The van der Waals surface area contributed by atoms with E-state index < -0.39 is 0 Å². The minimum Gasteiger partial charge on any atom is -0.486 e. The first-order valence-corrected chi connectivity index (χ1v) is 6.58. The van der Waals surface area contributed by atoms with E-state index in [1.54, 1.807) is 18.2 Å². The van der Waals surface area contributed by atoms with E-state index in [1.165, 1.54) is 12.1 Å². The Balaban J connectivity index is 1.91. The van der Waals surface area contributed by atoms with E-state index in [4.69, 9.17) is 4.74 Å². The molecule has 0 saturated carbocycles. The largest absolute Gasteiger partial charge is 0.486 e. The Morgan fingerprint density at radius 3 is 2.58 bits per heavy atom. The summed E-state index contributed by atoms with van der Waals surface area (Å²) in [4.78, 5) is 11.8. The molecule has 0 unspecified atom stereocenters. The van der Waals surface area contributed by atoms with Crippen LogP contribution in [-0.4, -0.2) is 12.4 Å². The van der Waals surface area contributed by atoms with Crippen LogP contribution in [-0.2, 0) is 11.2 Å².